The molecule has 3 rings (SSSR count). The zero-order valence-electron chi connectivity index (χ0n) is 16.4. The number of hydrogen-bond acceptors (Lipinski definition) is 4. The summed E-state index contributed by atoms with van der Waals surface area (Å²) in [4.78, 5) is 20.3. The fraction of sp³-hybridized carbons (Fsp3) is 0.190. The molecule has 0 spiro atoms. The Hall–Kier alpha value is -2.59. The van der Waals surface area contributed by atoms with E-state index in [2.05, 4.69) is 25.9 Å². The number of amides is 1. The van der Waals surface area contributed by atoms with Crippen molar-refractivity contribution in [1.29, 1.82) is 0 Å². The van der Waals surface area contributed by atoms with E-state index < -0.39 is 0 Å². The number of benzene rings is 1. The lowest BCUT2D eigenvalue weighted by molar-refractivity contribution is 0.0996. The largest absolute Gasteiger partial charge is 0.459 e. The van der Waals surface area contributed by atoms with Crippen molar-refractivity contribution in [2.75, 3.05) is 18.9 Å². The molecule has 0 fully saturated rings. The maximum Gasteiger partial charge on any atom is 0.291 e. The molecular formula is C21H23ClIN5O2. The minimum absolute atomic E-state index is 0. The molecule has 0 atom stereocenters. The number of furan rings is 1. The molecule has 1 amide bonds. The van der Waals surface area contributed by atoms with E-state index in [4.69, 9.17) is 16.0 Å². The molecule has 9 heteroatoms. The molecule has 0 radical (unpaired) electrons. The van der Waals surface area contributed by atoms with E-state index in [1.165, 1.54) is 6.26 Å². The number of hydrogen-bond donors (Lipinski definition) is 3. The van der Waals surface area contributed by atoms with Gasteiger partial charge >= 0.3 is 0 Å². The summed E-state index contributed by atoms with van der Waals surface area (Å²) in [5.74, 6) is 0.712. The Morgan fingerprint density at radius 1 is 1.10 bits per heavy atom. The molecule has 30 heavy (non-hydrogen) atoms. The van der Waals surface area contributed by atoms with Crippen LogP contribution in [0, 0.1) is 0 Å². The fourth-order valence-electron chi connectivity index (χ4n) is 2.59. The third-order valence-corrected chi connectivity index (χ3v) is 4.36. The van der Waals surface area contributed by atoms with E-state index in [0.29, 0.717) is 23.3 Å². The van der Waals surface area contributed by atoms with Gasteiger partial charge < -0.3 is 20.4 Å². The predicted molar refractivity (Wildman–Crippen MR) is 130 cm³/mol. The predicted octanol–water partition coefficient (Wildman–Crippen LogP) is 4.11. The van der Waals surface area contributed by atoms with Crippen molar-refractivity contribution in [3.8, 4) is 0 Å². The first-order valence-electron chi connectivity index (χ1n) is 9.13. The molecular weight excluding hydrogens is 517 g/mol. The molecule has 2 aromatic heterocycles. The van der Waals surface area contributed by atoms with Crippen LogP contribution in [0.4, 0.5) is 5.69 Å². The third kappa shape index (κ3) is 7.34. The molecule has 0 bridgehead atoms. The van der Waals surface area contributed by atoms with E-state index in [1.54, 1.807) is 31.4 Å². The highest BCUT2D eigenvalue weighted by atomic mass is 127. The number of carbonyl (C=O) groups excluding carboxylic acids is 1. The Morgan fingerprint density at radius 3 is 2.50 bits per heavy atom. The number of nitrogens with zero attached hydrogens (tertiary/aromatic N) is 2. The van der Waals surface area contributed by atoms with Gasteiger partial charge in [0.15, 0.2) is 11.7 Å². The number of nitrogens with one attached hydrogen (secondary N) is 3. The Bertz CT molecular complexity index is 945. The molecule has 0 aliphatic rings. The Morgan fingerprint density at radius 2 is 1.87 bits per heavy atom. The van der Waals surface area contributed by atoms with Crippen LogP contribution in [0.25, 0.3) is 0 Å². The number of pyridine rings is 1. The zero-order chi connectivity index (χ0) is 20.5. The summed E-state index contributed by atoms with van der Waals surface area (Å²) in [5, 5.41) is 9.81. The van der Waals surface area contributed by atoms with Crippen LogP contribution in [0.1, 0.15) is 21.7 Å². The van der Waals surface area contributed by atoms with Gasteiger partial charge in [-0.1, -0.05) is 29.8 Å². The van der Waals surface area contributed by atoms with Gasteiger partial charge in [0.1, 0.15) is 5.15 Å². The minimum atomic E-state index is -0.277. The number of aliphatic imine (C=N–C) groups is 1. The van der Waals surface area contributed by atoms with Gasteiger partial charge in [0.2, 0.25) is 0 Å². The van der Waals surface area contributed by atoms with Crippen molar-refractivity contribution in [2.45, 2.75) is 13.0 Å². The lowest BCUT2D eigenvalue weighted by atomic mass is 10.2. The van der Waals surface area contributed by atoms with E-state index in [9.17, 15) is 4.79 Å². The quantitative estimate of drug-likeness (QED) is 0.182. The summed E-state index contributed by atoms with van der Waals surface area (Å²) in [5.41, 5.74) is 2.87. The second-order valence-electron chi connectivity index (χ2n) is 6.22. The molecule has 158 valence electrons. The summed E-state index contributed by atoms with van der Waals surface area (Å²) in [6.07, 6.45) is 4.05. The van der Waals surface area contributed by atoms with Crippen molar-refractivity contribution >= 4 is 53.1 Å². The molecule has 0 saturated carbocycles. The standard InChI is InChI=1S/C21H22ClN5O2.HI/c1-23-21(24-11-10-16-6-9-19(22)25-13-16)26-14-15-4-7-17(8-5-15)27-20(28)18-3-2-12-29-18;/h2-9,12-13H,10-11,14H2,1H3,(H,27,28)(H2,23,24,26);1H. The Labute approximate surface area is 197 Å². The topological polar surface area (TPSA) is 91.5 Å². The highest BCUT2D eigenvalue weighted by Gasteiger charge is 2.08. The first kappa shape index (κ1) is 23.7. The molecule has 3 N–H and O–H groups in total. The average molecular weight is 540 g/mol. The van der Waals surface area contributed by atoms with Crippen LogP contribution in [-0.2, 0) is 13.0 Å². The number of anilines is 1. The van der Waals surface area contributed by atoms with Gasteiger partial charge in [0.05, 0.1) is 6.26 Å². The van der Waals surface area contributed by atoms with E-state index >= 15 is 0 Å². The van der Waals surface area contributed by atoms with Gasteiger partial charge in [-0.25, -0.2) is 4.98 Å². The SMILES string of the molecule is CN=C(NCCc1ccc(Cl)nc1)NCc1ccc(NC(=O)c2ccco2)cc1.I. The van der Waals surface area contributed by atoms with Crippen molar-refractivity contribution in [3.63, 3.8) is 0 Å². The normalized spacial score (nSPS) is 10.8. The first-order chi connectivity index (χ1) is 14.1. The lowest BCUT2D eigenvalue weighted by Crippen LogP contribution is -2.37. The molecule has 1 aromatic carbocycles. The molecule has 3 aromatic rings. The third-order valence-electron chi connectivity index (χ3n) is 4.14. The Balaban J connectivity index is 0.00000320. The summed E-state index contributed by atoms with van der Waals surface area (Å²) in [6.45, 7) is 1.33. The van der Waals surface area contributed by atoms with Crippen LogP contribution in [-0.4, -0.2) is 30.4 Å². The second-order valence-corrected chi connectivity index (χ2v) is 6.61. The van der Waals surface area contributed by atoms with Gasteiger partial charge in [-0.2, -0.15) is 0 Å². The summed E-state index contributed by atoms with van der Waals surface area (Å²) in [7, 11) is 1.73. The van der Waals surface area contributed by atoms with Crippen molar-refractivity contribution in [1.82, 2.24) is 15.6 Å². The summed E-state index contributed by atoms with van der Waals surface area (Å²) < 4.78 is 5.08. The number of guanidine groups is 1. The van der Waals surface area contributed by atoms with E-state index in [0.717, 1.165) is 24.1 Å². The molecule has 0 aliphatic heterocycles. The molecule has 0 aliphatic carbocycles. The monoisotopic (exact) mass is 539 g/mol. The average Bonchev–Trinajstić information content (AvgIpc) is 3.28. The maximum atomic E-state index is 12.0. The molecule has 7 nitrogen and oxygen atoms in total. The van der Waals surface area contributed by atoms with Gasteiger partial charge in [-0.05, 0) is 47.9 Å². The number of rotatable bonds is 7. The second kappa shape index (κ2) is 12.2. The van der Waals surface area contributed by atoms with Crippen molar-refractivity contribution in [2.24, 2.45) is 4.99 Å². The molecule has 0 saturated heterocycles. The van der Waals surface area contributed by atoms with Gasteiger partial charge in [-0.15, -0.1) is 24.0 Å². The van der Waals surface area contributed by atoms with E-state index in [-0.39, 0.29) is 35.6 Å². The highest BCUT2D eigenvalue weighted by Crippen LogP contribution is 2.12. The van der Waals surface area contributed by atoms with Crippen LogP contribution in [0.15, 0.2) is 70.4 Å². The molecule has 2 heterocycles. The van der Waals surface area contributed by atoms with Crippen LogP contribution < -0.4 is 16.0 Å². The minimum Gasteiger partial charge on any atom is -0.459 e. The van der Waals surface area contributed by atoms with Gasteiger partial charge in [0.25, 0.3) is 5.91 Å². The van der Waals surface area contributed by atoms with Crippen LogP contribution in [0.2, 0.25) is 5.15 Å². The number of carbonyl (C=O) groups is 1. The zero-order valence-corrected chi connectivity index (χ0v) is 19.5. The summed E-state index contributed by atoms with van der Waals surface area (Å²) >= 11 is 5.80. The van der Waals surface area contributed by atoms with Crippen LogP contribution in [0.5, 0.6) is 0 Å². The first-order valence-corrected chi connectivity index (χ1v) is 9.50. The number of aromatic nitrogens is 1. The number of halogens is 2. The van der Waals surface area contributed by atoms with Gasteiger partial charge in [-0.3, -0.25) is 9.79 Å². The van der Waals surface area contributed by atoms with Gasteiger partial charge in [0, 0.05) is 32.0 Å². The summed E-state index contributed by atoms with van der Waals surface area (Å²) in [6, 6.07) is 14.6. The maximum absolute atomic E-state index is 12.0. The van der Waals surface area contributed by atoms with Crippen molar-refractivity contribution < 1.29 is 9.21 Å². The van der Waals surface area contributed by atoms with E-state index in [1.807, 2.05) is 30.3 Å². The smallest absolute Gasteiger partial charge is 0.291 e. The van der Waals surface area contributed by atoms with Crippen LogP contribution in [0.3, 0.4) is 0 Å². The highest BCUT2D eigenvalue weighted by molar-refractivity contribution is 14.0. The lowest BCUT2D eigenvalue weighted by Gasteiger charge is -2.12. The van der Waals surface area contributed by atoms with Crippen LogP contribution >= 0.6 is 35.6 Å². The fourth-order valence-corrected chi connectivity index (χ4v) is 2.70. The van der Waals surface area contributed by atoms with Crippen molar-refractivity contribution in [3.05, 3.63) is 83.0 Å². The Kier molecular flexibility index (Phi) is 9.62. The molecule has 0 unspecified atom stereocenters.